The zero-order chi connectivity index (χ0) is 24.6. The number of ether oxygens (including phenoxy) is 2. The lowest BCUT2D eigenvalue weighted by Gasteiger charge is -2.39. The lowest BCUT2D eigenvalue weighted by molar-refractivity contribution is 0.0375. The van der Waals surface area contributed by atoms with Crippen molar-refractivity contribution in [2.75, 3.05) is 39.3 Å². The van der Waals surface area contributed by atoms with Gasteiger partial charge in [-0.15, -0.1) is 0 Å². The van der Waals surface area contributed by atoms with E-state index in [9.17, 15) is 5.11 Å². The molecular weight excluding hydrogens is 448 g/mol. The largest absolute Gasteiger partial charge is 0.508 e. The Morgan fingerprint density at radius 2 is 1.58 bits per heavy atom. The fourth-order valence-corrected chi connectivity index (χ4v) is 6.18. The first-order valence-electron chi connectivity index (χ1n) is 14.3. The van der Waals surface area contributed by atoms with Crippen LogP contribution >= 0.6 is 0 Å². The van der Waals surface area contributed by atoms with Crippen LogP contribution in [0.1, 0.15) is 75.3 Å². The van der Waals surface area contributed by atoms with Crippen molar-refractivity contribution in [2.45, 2.75) is 82.8 Å². The molecule has 1 radical (unpaired) electrons. The predicted octanol–water partition coefficient (Wildman–Crippen LogP) is 5.82. The van der Waals surface area contributed by atoms with E-state index in [2.05, 4.69) is 40.1 Å². The van der Waals surface area contributed by atoms with E-state index >= 15 is 0 Å². The second-order valence-corrected chi connectivity index (χ2v) is 10.9. The fourth-order valence-electron chi connectivity index (χ4n) is 6.18. The summed E-state index contributed by atoms with van der Waals surface area (Å²) >= 11 is 0. The third-order valence-corrected chi connectivity index (χ3v) is 8.20. The van der Waals surface area contributed by atoms with Crippen LogP contribution in [0.2, 0.25) is 0 Å². The fraction of sp³-hybridized carbons (Fsp3) is 0.613. The molecule has 36 heavy (non-hydrogen) atoms. The van der Waals surface area contributed by atoms with Crippen molar-refractivity contribution in [1.82, 2.24) is 9.80 Å². The van der Waals surface area contributed by atoms with E-state index in [0.29, 0.717) is 18.8 Å². The summed E-state index contributed by atoms with van der Waals surface area (Å²) in [7, 11) is 0. The summed E-state index contributed by atoms with van der Waals surface area (Å²) in [5.74, 6) is 1.91. The summed E-state index contributed by atoms with van der Waals surface area (Å²) in [5.41, 5.74) is 2.18. The smallest absolute Gasteiger partial charge is 0.127 e. The van der Waals surface area contributed by atoms with Crippen molar-refractivity contribution in [2.24, 2.45) is 0 Å². The van der Waals surface area contributed by atoms with Crippen LogP contribution < -0.4 is 9.47 Å². The minimum atomic E-state index is 0.199. The molecule has 5 heteroatoms. The Bertz CT molecular complexity index is 933. The Morgan fingerprint density at radius 3 is 2.36 bits per heavy atom. The first kappa shape index (κ1) is 25.4. The van der Waals surface area contributed by atoms with Gasteiger partial charge >= 0.3 is 0 Å². The molecule has 0 spiro atoms. The number of likely N-dealkylation sites (tertiary alicyclic amines) is 2. The highest BCUT2D eigenvalue weighted by Crippen LogP contribution is 2.30. The summed E-state index contributed by atoms with van der Waals surface area (Å²) in [5, 5.41) is 10.00. The third-order valence-electron chi connectivity index (χ3n) is 8.20. The standard InChI is InChI=1S/C31H43N2O3/c34-27-14-13-26(31(24-27)35-22-21-32-17-7-8-18-32)23-25-11-15-28(16-12-25)36-30-10-4-3-9-29(30)33-19-5-1-2-6-20-33/h11-12,14-16,24,29-30,34H,1-10,17-23H2. The minimum absolute atomic E-state index is 0.199. The molecule has 2 aliphatic heterocycles. The summed E-state index contributed by atoms with van der Waals surface area (Å²) in [6.07, 6.45) is 14.0. The number of aromatic hydroxyl groups is 1. The van der Waals surface area contributed by atoms with Crippen molar-refractivity contribution < 1.29 is 14.6 Å². The van der Waals surface area contributed by atoms with Crippen LogP contribution in [0.3, 0.4) is 0 Å². The van der Waals surface area contributed by atoms with Gasteiger partial charge in [-0.3, -0.25) is 9.80 Å². The number of benzene rings is 2. The van der Waals surface area contributed by atoms with Gasteiger partial charge < -0.3 is 14.6 Å². The Labute approximate surface area is 217 Å². The van der Waals surface area contributed by atoms with Crippen molar-refractivity contribution in [3.63, 3.8) is 0 Å². The van der Waals surface area contributed by atoms with E-state index < -0.39 is 0 Å². The Hall–Kier alpha value is -2.24. The van der Waals surface area contributed by atoms with Crippen LogP contribution in [0, 0.1) is 6.07 Å². The summed E-state index contributed by atoms with van der Waals surface area (Å²) in [6, 6.07) is 15.7. The normalized spacial score (nSPS) is 23.9. The van der Waals surface area contributed by atoms with Crippen molar-refractivity contribution in [3.8, 4) is 17.2 Å². The van der Waals surface area contributed by atoms with Crippen LogP contribution in [0.4, 0.5) is 0 Å². The van der Waals surface area contributed by atoms with Crippen molar-refractivity contribution >= 4 is 0 Å². The molecular formula is C31H43N2O3. The highest BCUT2D eigenvalue weighted by Gasteiger charge is 2.32. The van der Waals surface area contributed by atoms with Crippen LogP contribution in [0.5, 0.6) is 17.2 Å². The van der Waals surface area contributed by atoms with Gasteiger partial charge in [0, 0.05) is 30.6 Å². The Morgan fingerprint density at radius 1 is 0.861 bits per heavy atom. The lowest BCUT2D eigenvalue weighted by atomic mass is 9.91. The molecule has 3 aliphatic rings. The quantitative estimate of drug-likeness (QED) is 0.479. The molecule has 1 saturated carbocycles. The maximum atomic E-state index is 10.00. The van der Waals surface area contributed by atoms with Gasteiger partial charge in [-0.1, -0.05) is 31.4 Å². The van der Waals surface area contributed by atoms with Gasteiger partial charge in [-0.05, 0) is 101 Å². The lowest BCUT2D eigenvalue weighted by Crippen LogP contribution is -2.48. The minimum Gasteiger partial charge on any atom is -0.508 e. The Balaban J connectivity index is 1.19. The number of hydrogen-bond acceptors (Lipinski definition) is 5. The topological polar surface area (TPSA) is 45.2 Å². The number of rotatable bonds is 9. The molecule has 0 bridgehead atoms. The van der Waals surface area contributed by atoms with Gasteiger partial charge in [-0.25, -0.2) is 0 Å². The number of phenolic OH excluding ortho intramolecular Hbond substituents is 1. The Kier molecular flexibility index (Phi) is 9.05. The number of phenols is 1. The third kappa shape index (κ3) is 6.95. The monoisotopic (exact) mass is 491 g/mol. The molecule has 2 heterocycles. The van der Waals surface area contributed by atoms with Gasteiger partial charge in [0.1, 0.15) is 30.0 Å². The predicted molar refractivity (Wildman–Crippen MR) is 144 cm³/mol. The number of nitrogens with zero attached hydrogens (tertiary/aromatic N) is 2. The van der Waals surface area contributed by atoms with Crippen LogP contribution in [0.25, 0.3) is 0 Å². The van der Waals surface area contributed by atoms with E-state index in [4.69, 9.17) is 9.47 Å². The summed E-state index contributed by atoms with van der Waals surface area (Å²) in [4.78, 5) is 5.16. The molecule has 1 aliphatic carbocycles. The van der Waals surface area contributed by atoms with E-state index in [-0.39, 0.29) is 5.75 Å². The van der Waals surface area contributed by atoms with Gasteiger partial charge in [0.2, 0.25) is 0 Å². The van der Waals surface area contributed by atoms with E-state index in [1.165, 1.54) is 76.4 Å². The van der Waals surface area contributed by atoms with Crippen LogP contribution in [-0.4, -0.2) is 66.4 Å². The van der Waals surface area contributed by atoms with Crippen molar-refractivity contribution in [3.05, 3.63) is 53.6 Å². The molecule has 0 amide bonds. The molecule has 2 unspecified atom stereocenters. The van der Waals surface area contributed by atoms with Crippen LogP contribution in [-0.2, 0) is 6.42 Å². The molecule has 2 saturated heterocycles. The van der Waals surface area contributed by atoms with Gasteiger partial charge in [0.05, 0.1) is 0 Å². The average Bonchev–Trinajstić information content (AvgIpc) is 3.27. The zero-order valence-corrected chi connectivity index (χ0v) is 21.8. The highest BCUT2D eigenvalue weighted by molar-refractivity contribution is 5.42. The molecule has 2 atom stereocenters. The van der Waals surface area contributed by atoms with Crippen LogP contribution in [0.15, 0.2) is 36.4 Å². The molecule has 195 valence electrons. The molecule has 5 nitrogen and oxygen atoms in total. The van der Waals surface area contributed by atoms with E-state index in [0.717, 1.165) is 49.5 Å². The SMILES string of the molecule is Oc1c[c]c(Cc2ccc(OC3CCCCC3N3CCCCCC3)cc2)c(OCCN2CCCC2)c1. The summed E-state index contributed by atoms with van der Waals surface area (Å²) in [6.45, 7) is 6.36. The zero-order valence-electron chi connectivity index (χ0n) is 21.8. The first-order chi connectivity index (χ1) is 17.7. The molecule has 3 fully saturated rings. The van der Waals surface area contributed by atoms with Gasteiger partial charge in [0.25, 0.3) is 0 Å². The number of hydrogen-bond donors (Lipinski definition) is 1. The van der Waals surface area contributed by atoms with Gasteiger partial charge in [0.15, 0.2) is 0 Å². The van der Waals surface area contributed by atoms with Crippen molar-refractivity contribution in [1.29, 1.82) is 0 Å². The molecule has 2 aromatic rings. The second-order valence-electron chi connectivity index (χ2n) is 10.9. The first-order valence-corrected chi connectivity index (χ1v) is 14.3. The second kappa shape index (κ2) is 12.8. The van der Waals surface area contributed by atoms with Gasteiger partial charge in [-0.2, -0.15) is 0 Å². The molecule has 0 aromatic heterocycles. The maximum absolute atomic E-state index is 10.00. The van der Waals surface area contributed by atoms with E-state index in [1.807, 2.05) is 0 Å². The molecule has 1 N–H and O–H groups in total. The van der Waals surface area contributed by atoms with E-state index in [1.54, 1.807) is 12.1 Å². The molecule has 5 rings (SSSR count). The summed E-state index contributed by atoms with van der Waals surface area (Å²) < 4.78 is 12.7. The average molecular weight is 492 g/mol. The highest BCUT2D eigenvalue weighted by atomic mass is 16.5. The molecule has 2 aromatic carbocycles. The maximum Gasteiger partial charge on any atom is 0.127 e.